The molecule has 3 aromatic rings. The van der Waals surface area contributed by atoms with E-state index in [-0.39, 0.29) is 35.6 Å². The maximum atomic E-state index is 14.0. The molecule has 0 unspecified atom stereocenters. The van der Waals surface area contributed by atoms with Crippen molar-refractivity contribution in [2.45, 2.75) is 19.1 Å². The van der Waals surface area contributed by atoms with Gasteiger partial charge < -0.3 is 25.2 Å². The molecule has 1 fully saturated rings. The predicted molar refractivity (Wildman–Crippen MR) is 136 cm³/mol. The maximum Gasteiger partial charge on any atom is 0.416 e. The summed E-state index contributed by atoms with van der Waals surface area (Å²) in [6, 6.07) is 9.67. The number of aromatic nitrogens is 1. The molecule has 3 amide bonds. The SMILES string of the molecule is CC(=O)N1CC(NC(=O)c2cnc(N3CCOc4ccccc43)c(NC(=O)c3cc(F)cc(C(F)(F)F)c3)c2)C1. The third-order valence-corrected chi connectivity index (χ3v) is 6.51. The minimum atomic E-state index is -4.86. The fourth-order valence-corrected chi connectivity index (χ4v) is 4.45. The van der Waals surface area contributed by atoms with Crippen LogP contribution in [-0.2, 0) is 11.0 Å². The Morgan fingerprint density at radius 2 is 1.77 bits per heavy atom. The molecule has 0 saturated carbocycles. The van der Waals surface area contributed by atoms with E-state index < -0.39 is 34.9 Å². The van der Waals surface area contributed by atoms with Gasteiger partial charge in [-0.15, -0.1) is 0 Å². The van der Waals surface area contributed by atoms with Gasteiger partial charge in [0, 0.05) is 31.8 Å². The van der Waals surface area contributed by atoms with Crippen LogP contribution in [0.25, 0.3) is 0 Å². The van der Waals surface area contributed by atoms with Crippen LogP contribution in [0.4, 0.5) is 34.8 Å². The quantitative estimate of drug-likeness (QED) is 0.460. The van der Waals surface area contributed by atoms with Crippen molar-refractivity contribution in [3.8, 4) is 5.75 Å². The number of anilines is 3. The van der Waals surface area contributed by atoms with Gasteiger partial charge in [-0.25, -0.2) is 9.37 Å². The van der Waals surface area contributed by atoms with Crippen molar-refractivity contribution in [1.82, 2.24) is 15.2 Å². The number of carbonyl (C=O) groups excluding carboxylic acids is 3. The molecule has 9 nitrogen and oxygen atoms in total. The molecule has 13 heteroatoms. The first-order valence-electron chi connectivity index (χ1n) is 12.2. The van der Waals surface area contributed by atoms with Crippen LogP contribution in [0.3, 0.4) is 0 Å². The first-order valence-corrected chi connectivity index (χ1v) is 12.2. The van der Waals surface area contributed by atoms with Crippen LogP contribution in [0.2, 0.25) is 0 Å². The number of para-hydroxylation sites is 2. The smallest absolute Gasteiger partial charge is 0.416 e. The normalized spacial score (nSPS) is 15.0. The molecule has 2 N–H and O–H groups in total. The number of halogens is 4. The van der Waals surface area contributed by atoms with Crippen LogP contribution in [-0.4, -0.2) is 59.9 Å². The largest absolute Gasteiger partial charge is 0.490 e. The summed E-state index contributed by atoms with van der Waals surface area (Å²) in [7, 11) is 0. The standard InChI is InChI=1S/C27H23F4N5O4/c1-15(37)35-13-20(14-35)33-26(39)17-10-21(34-25(38)16-8-18(27(29,30)31)11-19(28)9-16)24(32-12-17)36-6-7-40-23-5-3-2-4-22(23)36/h2-5,8-12,20H,6-7,13-14H2,1H3,(H,33,39)(H,34,38). The molecule has 0 spiro atoms. The van der Waals surface area contributed by atoms with E-state index in [0.29, 0.717) is 49.3 Å². The number of hydrogen-bond donors (Lipinski definition) is 2. The van der Waals surface area contributed by atoms with E-state index >= 15 is 0 Å². The molecular weight excluding hydrogens is 534 g/mol. The first kappa shape index (κ1) is 26.9. The third-order valence-electron chi connectivity index (χ3n) is 6.51. The van der Waals surface area contributed by atoms with E-state index in [2.05, 4.69) is 15.6 Å². The molecule has 40 heavy (non-hydrogen) atoms. The lowest BCUT2D eigenvalue weighted by atomic mass is 10.1. The van der Waals surface area contributed by atoms with Crippen LogP contribution in [0.1, 0.15) is 33.2 Å². The maximum absolute atomic E-state index is 14.0. The Bertz CT molecular complexity index is 1490. The van der Waals surface area contributed by atoms with Crippen molar-refractivity contribution >= 4 is 34.9 Å². The zero-order valence-electron chi connectivity index (χ0n) is 21.1. The van der Waals surface area contributed by atoms with Gasteiger partial charge in [-0.3, -0.25) is 14.4 Å². The number of rotatable bonds is 5. The average Bonchev–Trinajstić information content (AvgIpc) is 2.89. The monoisotopic (exact) mass is 557 g/mol. The lowest BCUT2D eigenvalue weighted by Crippen LogP contribution is -2.60. The highest BCUT2D eigenvalue weighted by Gasteiger charge is 2.33. The molecule has 0 radical (unpaired) electrons. The zero-order chi connectivity index (χ0) is 28.6. The van der Waals surface area contributed by atoms with Crippen molar-refractivity contribution < 1.29 is 36.7 Å². The van der Waals surface area contributed by atoms with Gasteiger partial charge in [0.2, 0.25) is 5.91 Å². The molecule has 0 atom stereocenters. The second-order valence-corrected chi connectivity index (χ2v) is 9.34. The van der Waals surface area contributed by atoms with Gasteiger partial charge in [-0.2, -0.15) is 13.2 Å². The van der Waals surface area contributed by atoms with Gasteiger partial charge in [0.15, 0.2) is 5.82 Å². The van der Waals surface area contributed by atoms with E-state index in [1.807, 2.05) is 0 Å². The Kier molecular flexibility index (Phi) is 7.04. The summed E-state index contributed by atoms with van der Waals surface area (Å²) in [4.78, 5) is 45.2. The molecule has 0 aliphatic carbocycles. The topological polar surface area (TPSA) is 104 Å². The number of fused-ring (bicyclic) bond motifs is 1. The minimum absolute atomic E-state index is 0.0196. The zero-order valence-corrected chi connectivity index (χ0v) is 21.1. The van der Waals surface area contributed by atoms with Gasteiger partial charge in [-0.1, -0.05) is 12.1 Å². The fourth-order valence-electron chi connectivity index (χ4n) is 4.45. The number of benzene rings is 2. The van der Waals surface area contributed by atoms with Gasteiger partial charge in [-0.05, 0) is 36.4 Å². The number of hydrogen-bond acceptors (Lipinski definition) is 6. The number of pyridine rings is 1. The molecule has 208 valence electrons. The van der Waals surface area contributed by atoms with E-state index in [9.17, 15) is 31.9 Å². The van der Waals surface area contributed by atoms with Crippen LogP contribution in [0.5, 0.6) is 5.75 Å². The third kappa shape index (κ3) is 5.53. The Labute approximate surface area is 225 Å². The van der Waals surface area contributed by atoms with Crippen molar-refractivity contribution in [2.75, 3.05) is 36.5 Å². The van der Waals surface area contributed by atoms with E-state index in [1.54, 1.807) is 34.1 Å². The molecule has 3 heterocycles. The van der Waals surface area contributed by atoms with Gasteiger partial charge in [0.1, 0.15) is 18.2 Å². The molecule has 0 bridgehead atoms. The van der Waals surface area contributed by atoms with Crippen LogP contribution < -0.4 is 20.3 Å². The Morgan fingerprint density at radius 3 is 2.50 bits per heavy atom. The fraction of sp³-hybridized carbons (Fsp3) is 0.259. The van der Waals surface area contributed by atoms with E-state index in [0.717, 1.165) is 0 Å². The number of alkyl halides is 3. The Balaban J connectivity index is 1.48. The molecule has 1 saturated heterocycles. The highest BCUT2D eigenvalue weighted by atomic mass is 19.4. The predicted octanol–water partition coefficient (Wildman–Crippen LogP) is 3.98. The summed E-state index contributed by atoms with van der Waals surface area (Å²) in [6.07, 6.45) is -3.55. The molecule has 1 aromatic heterocycles. The van der Waals surface area contributed by atoms with Gasteiger partial charge >= 0.3 is 6.18 Å². The number of nitrogens with one attached hydrogen (secondary N) is 2. The Hall–Kier alpha value is -4.68. The van der Waals surface area contributed by atoms with E-state index in [4.69, 9.17) is 4.74 Å². The number of nitrogens with zero attached hydrogens (tertiary/aromatic N) is 3. The number of carbonyl (C=O) groups is 3. The van der Waals surface area contributed by atoms with Crippen molar-refractivity contribution in [2.24, 2.45) is 0 Å². The van der Waals surface area contributed by atoms with Crippen LogP contribution >= 0.6 is 0 Å². The second kappa shape index (κ2) is 10.5. The summed E-state index contributed by atoms with van der Waals surface area (Å²) >= 11 is 0. The number of ether oxygens (including phenoxy) is 1. The lowest BCUT2D eigenvalue weighted by Gasteiger charge is -2.38. The minimum Gasteiger partial charge on any atom is -0.490 e. The summed E-state index contributed by atoms with van der Waals surface area (Å²) in [6.45, 7) is 2.72. The number of likely N-dealkylation sites (tertiary alicyclic amines) is 1. The summed E-state index contributed by atoms with van der Waals surface area (Å²) in [5.41, 5.74) is -1.17. The molecule has 2 aliphatic rings. The second-order valence-electron chi connectivity index (χ2n) is 9.34. The molecule has 2 aromatic carbocycles. The summed E-state index contributed by atoms with van der Waals surface area (Å²) < 4.78 is 59.4. The van der Waals surface area contributed by atoms with Crippen molar-refractivity contribution in [3.05, 3.63) is 77.2 Å². The Morgan fingerprint density at radius 1 is 1.02 bits per heavy atom. The van der Waals surface area contributed by atoms with Crippen molar-refractivity contribution in [1.29, 1.82) is 0 Å². The van der Waals surface area contributed by atoms with E-state index in [1.165, 1.54) is 19.2 Å². The van der Waals surface area contributed by atoms with Gasteiger partial charge in [0.05, 0.1) is 35.1 Å². The highest BCUT2D eigenvalue weighted by molar-refractivity contribution is 6.07. The number of amides is 3. The van der Waals surface area contributed by atoms with Crippen LogP contribution in [0.15, 0.2) is 54.7 Å². The summed E-state index contributed by atoms with van der Waals surface area (Å²) in [5.74, 6) is -2.13. The van der Waals surface area contributed by atoms with Crippen molar-refractivity contribution in [3.63, 3.8) is 0 Å². The van der Waals surface area contributed by atoms with Gasteiger partial charge in [0.25, 0.3) is 11.8 Å². The van der Waals surface area contributed by atoms with Crippen LogP contribution in [0, 0.1) is 5.82 Å². The lowest BCUT2D eigenvalue weighted by molar-refractivity contribution is -0.137. The first-order chi connectivity index (χ1) is 19.0. The molecule has 5 rings (SSSR count). The average molecular weight is 558 g/mol. The summed E-state index contributed by atoms with van der Waals surface area (Å²) in [5, 5.41) is 5.29. The highest BCUT2D eigenvalue weighted by Crippen LogP contribution is 2.39. The molecular formula is C27H23F4N5O4. The molecule has 2 aliphatic heterocycles.